The molecule has 0 spiro atoms. The third kappa shape index (κ3) is 2.37. The summed E-state index contributed by atoms with van der Waals surface area (Å²) in [4.78, 5) is 13.3. The van der Waals surface area contributed by atoms with Crippen molar-refractivity contribution in [3.05, 3.63) is 47.1 Å². The molecule has 2 aliphatic rings. The summed E-state index contributed by atoms with van der Waals surface area (Å²) in [6.45, 7) is 3.97. The fourth-order valence-corrected chi connectivity index (χ4v) is 4.57. The zero-order valence-electron chi connectivity index (χ0n) is 16.2. The van der Waals surface area contributed by atoms with Crippen LogP contribution in [0.15, 0.2) is 23.0 Å². The summed E-state index contributed by atoms with van der Waals surface area (Å²) >= 11 is 0. The number of benzene rings is 1. The number of rotatable bonds is 3. The van der Waals surface area contributed by atoms with Crippen LogP contribution in [-0.2, 0) is 12.8 Å². The third-order valence-corrected chi connectivity index (χ3v) is 6.16. The van der Waals surface area contributed by atoms with Gasteiger partial charge in [-0.1, -0.05) is 5.16 Å². The number of H-pyrrole nitrogens is 1. The van der Waals surface area contributed by atoms with E-state index in [4.69, 9.17) is 14.5 Å². The molecule has 2 aliphatic carbocycles. The topological polar surface area (TPSA) is 72.5 Å². The molecule has 0 atom stereocenters. The number of nitrogens with one attached hydrogen (secondary N) is 1. The Kier molecular flexibility index (Phi) is 3.34. The van der Waals surface area contributed by atoms with Crippen LogP contribution < -0.4 is 0 Å². The first kappa shape index (κ1) is 16.1. The summed E-state index contributed by atoms with van der Waals surface area (Å²) < 4.78 is 7.70. The highest BCUT2D eigenvalue weighted by molar-refractivity contribution is 5.90. The quantitative estimate of drug-likeness (QED) is 0.561. The van der Waals surface area contributed by atoms with Crippen molar-refractivity contribution in [2.45, 2.75) is 58.3 Å². The van der Waals surface area contributed by atoms with Gasteiger partial charge in [0.05, 0.1) is 28.9 Å². The lowest BCUT2D eigenvalue weighted by atomic mass is 10.00. The highest BCUT2D eigenvalue weighted by atomic mass is 16.5. The first-order chi connectivity index (χ1) is 13.7. The Morgan fingerprint density at radius 1 is 1.14 bits per heavy atom. The van der Waals surface area contributed by atoms with Crippen molar-refractivity contribution in [2.75, 3.05) is 0 Å². The van der Waals surface area contributed by atoms with Gasteiger partial charge in [-0.3, -0.25) is 0 Å². The molecule has 0 saturated heterocycles. The molecule has 142 valence electrons. The van der Waals surface area contributed by atoms with E-state index >= 15 is 0 Å². The predicted octanol–water partition coefficient (Wildman–Crippen LogP) is 4.78. The van der Waals surface area contributed by atoms with Crippen molar-refractivity contribution in [3.63, 3.8) is 0 Å². The van der Waals surface area contributed by atoms with Gasteiger partial charge in [0.15, 0.2) is 0 Å². The smallest absolute Gasteiger partial charge is 0.141 e. The van der Waals surface area contributed by atoms with Gasteiger partial charge in [0.2, 0.25) is 0 Å². The molecule has 1 N–H and O–H groups in total. The van der Waals surface area contributed by atoms with E-state index in [2.05, 4.69) is 26.8 Å². The lowest BCUT2D eigenvalue weighted by Crippen LogP contribution is -2.07. The van der Waals surface area contributed by atoms with Gasteiger partial charge in [0, 0.05) is 17.2 Å². The molecule has 1 aromatic carbocycles. The normalized spacial score (nSPS) is 16.6. The Hall–Kier alpha value is -2.89. The van der Waals surface area contributed by atoms with Crippen LogP contribution in [0.4, 0.5) is 0 Å². The number of imidazole rings is 2. The lowest BCUT2D eigenvalue weighted by molar-refractivity contribution is 0.393. The predicted molar refractivity (Wildman–Crippen MR) is 107 cm³/mol. The molecule has 28 heavy (non-hydrogen) atoms. The zero-order chi connectivity index (χ0) is 18.8. The van der Waals surface area contributed by atoms with Crippen molar-refractivity contribution in [1.82, 2.24) is 24.7 Å². The maximum absolute atomic E-state index is 5.44. The summed E-state index contributed by atoms with van der Waals surface area (Å²) in [5.74, 6) is 2.54. The van der Waals surface area contributed by atoms with Gasteiger partial charge in [-0.25, -0.2) is 9.97 Å². The Labute approximate surface area is 163 Å². The SMILES string of the molecule is Cc1noc(C)c1-c1cc(-n2cnc3c2CCCC3)c2nc(C3CC3)[nH]c2c1. The average Bonchev–Trinajstić information content (AvgIpc) is 3.17. The zero-order valence-corrected chi connectivity index (χ0v) is 16.2. The molecule has 3 aromatic heterocycles. The van der Waals surface area contributed by atoms with E-state index < -0.39 is 0 Å². The molecule has 6 nitrogen and oxygen atoms in total. The molecule has 0 unspecified atom stereocenters. The van der Waals surface area contributed by atoms with Crippen LogP contribution in [0.2, 0.25) is 0 Å². The number of aromatic amines is 1. The van der Waals surface area contributed by atoms with Gasteiger partial charge in [0.25, 0.3) is 0 Å². The van der Waals surface area contributed by atoms with E-state index in [1.807, 2.05) is 20.2 Å². The molecule has 1 saturated carbocycles. The van der Waals surface area contributed by atoms with Gasteiger partial charge in [-0.2, -0.15) is 0 Å². The fraction of sp³-hybridized carbons (Fsp3) is 0.409. The second-order valence-electron chi connectivity index (χ2n) is 8.20. The van der Waals surface area contributed by atoms with Crippen LogP contribution in [0.5, 0.6) is 0 Å². The summed E-state index contributed by atoms with van der Waals surface area (Å²) in [5, 5.41) is 4.16. The maximum atomic E-state index is 5.44. The fourth-order valence-electron chi connectivity index (χ4n) is 4.57. The molecule has 0 aliphatic heterocycles. The van der Waals surface area contributed by atoms with Crippen LogP contribution in [0.3, 0.4) is 0 Å². The number of aryl methyl sites for hydroxylation is 3. The molecule has 4 aromatic rings. The number of aromatic nitrogens is 5. The van der Waals surface area contributed by atoms with Crippen molar-refractivity contribution in [1.29, 1.82) is 0 Å². The summed E-state index contributed by atoms with van der Waals surface area (Å²) in [7, 11) is 0. The van der Waals surface area contributed by atoms with Gasteiger partial charge >= 0.3 is 0 Å². The Bertz CT molecular complexity index is 1190. The van der Waals surface area contributed by atoms with Crippen molar-refractivity contribution < 1.29 is 4.52 Å². The minimum Gasteiger partial charge on any atom is -0.361 e. The standard InChI is InChI=1S/C22H23N5O/c1-12-20(13(2)28-26-12)15-9-17-21(25-22(24-17)14-7-8-14)19(10-15)27-11-23-16-5-3-4-6-18(16)27/h9-11,14H,3-8H2,1-2H3,(H,24,25). The maximum Gasteiger partial charge on any atom is 0.141 e. The third-order valence-electron chi connectivity index (χ3n) is 6.16. The van der Waals surface area contributed by atoms with Gasteiger partial charge in [-0.15, -0.1) is 0 Å². The molecule has 0 radical (unpaired) electrons. The molecule has 0 bridgehead atoms. The second-order valence-corrected chi connectivity index (χ2v) is 8.20. The largest absolute Gasteiger partial charge is 0.361 e. The number of fused-ring (bicyclic) bond motifs is 2. The average molecular weight is 373 g/mol. The van der Waals surface area contributed by atoms with Crippen molar-refractivity contribution in [3.8, 4) is 16.8 Å². The van der Waals surface area contributed by atoms with E-state index in [9.17, 15) is 0 Å². The molecule has 6 heteroatoms. The summed E-state index contributed by atoms with van der Waals surface area (Å²) in [6.07, 6.45) is 9.04. The summed E-state index contributed by atoms with van der Waals surface area (Å²) in [6, 6.07) is 4.41. The van der Waals surface area contributed by atoms with Gasteiger partial charge < -0.3 is 14.1 Å². The van der Waals surface area contributed by atoms with Crippen LogP contribution >= 0.6 is 0 Å². The highest BCUT2D eigenvalue weighted by Gasteiger charge is 2.28. The minimum absolute atomic E-state index is 0.583. The second kappa shape index (κ2) is 5.80. The monoisotopic (exact) mass is 373 g/mol. The molecular formula is C22H23N5O. The van der Waals surface area contributed by atoms with E-state index in [1.165, 1.54) is 37.1 Å². The molecule has 6 rings (SSSR count). The first-order valence-corrected chi connectivity index (χ1v) is 10.2. The number of nitrogens with zero attached hydrogens (tertiary/aromatic N) is 4. The Morgan fingerprint density at radius 3 is 2.79 bits per heavy atom. The van der Waals surface area contributed by atoms with Crippen LogP contribution in [0, 0.1) is 13.8 Å². The highest BCUT2D eigenvalue weighted by Crippen LogP contribution is 2.41. The Morgan fingerprint density at radius 2 is 2.00 bits per heavy atom. The van der Waals surface area contributed by atoms with Crippen LogP contribution in [0.1, 0.15) is 60.3 Å². The van der Waals surface area contributed by atoms with E-state index in [1.54, 1.807) is 0 Å². The number of hydrogen-bond acceptors (Lipinski definition) is 4. The van der Waals surface area contributed by atoms with Crippen molar-refractivity contribution in [2.24, 2.45) is 0 Å². The minimum atomic E-state index is 0.583. The van der Waals surface area contributed by atoms with E-state index in [0.717, 1.165) is 58.0 Å². The number of hydrogen-bond donors (Lipinski definition) is 1. The van der Waals surface area contributed by atoms with E-state index in [-0.39, 0.29) is 0 Å². The van der Waals surface area contributed by atoms with Gasteiger partial charge in [0.1, 0.15) is 17.1 Å². The summed E-state index contributed by atoms with van der Waals surface area (Å²) in [5.41, 5.74) is 8.88. The molecule has 3 heterocycles. The van der Waals surface area contributed by atoms with Crippen molar-refractivity contribution >= 4 is 11.0 Å². The van der Waals surface area contributed by atoms with Gasteiger partial charge in [-0.05, 0) is 70.1 Å². The van der Waals surface area contributed by atoms with E-state index in [0.29, 0.717) is 5.92 Å². The first-order valence-electron chi connectivity index (χ1n) is 10.2. The molecule has 1 fully saturated rings. The van der Waals surface area contributed by atoms with Crippen LogP contribution in [0.25, 0.3) is 27.8 Å². The molecular weight excluding hydrogens is 350 g/mol. The lowest BCUT2D eigenvalue weighted by Gasteiger charge is -2.15. The molecule has 0 amide bonds. The Balaban J connectivity index is 1.63. The van der Waals surface area contributed by atoms with Crippen LogP contribution in [-0.4, -0.2) is 24.7 Å².